The van der Waals surface area contributed by atoms with Crippen molar-refractivity contribution in [3.05, 3.63) is 30.2 Å². The second kappa shape index (κ2) is 5.69. The van der Waals surface area contributed by atoms with Gasteiger partial charge in [-0.05, 0) is 18.4 Å². The van der Waals surface area contributed by atoms with Crippen LogP contribution in [0.25, 0.3) is 16.9 Å². The van der Waals surface area contributed by atoms with Crippen LogP contribution in [0.3, 0.4) is 0 Å². The SMILES string of the molecule is COc1ncc(-c2cc([C@H]3C[C@@H]3C(=N)N)c3nccn3n2)c(OC)n1. The van der Waals surface area contributed by atoms with Crippen molar-refractivity contribution in [2.45, 2.75) is 12.3 Å². The largest absolute Gasteiger partial charge is 0.480 e. The van der Waals surface area contributed by atoms with Crippen molar-refractivity contribution in [2.24, 2.45) is 11.7 Å². The molecule has 1 aliphatic rings. The Balaban J connectivity index is 1.85. The average Bonchev–Trinajstić information content (AvgIpc) is 3.30. The summed E-state index contributed by atoms with van der Waals surface area (Å²) in [6.45, 7) is 0. The molecule has 9 nitrogen and oxygen atoms in total. The first-order valence-electron chi connectivity index (χ1n) is 7.76. The summed E-state index contributed by atoms with van der Waals surface area (Å²) in [6, 6.07) is 2.17. The number of methoxy groups -OCH3 is 2. The van der Waals surface area contributed by atoms with Gasteiger partial charge in [-0.15, -0.1) is 0 Å². The lowest BCUT2D eigenvalue weighted by Crippen LogP contribution is -2.13. The normalized spacial score (nSPS) is 19.0. The summed E-state index contributed by atoms with van der Waals surface area (Å²) in [5.41, 5.74) is 8.75. The molecule has 2 atom stereocenters. The first-order chi connectivity index (χ1) is 12.1. The van der Waals surface area contributed by atoms with Crippen molar-refractivity contribution in [1.29, 1.82) is 5.41 Å². The minimum Gasteiger partial charge on any atom is -0.480 e. The van der Waals surface area contributed by atoms with Crippen LogP contribution >= 0.6 is 0 Å². The van der Waals surface area contributed by atoms with Crippen molar-refractivity contribution >= 4 is 11.5 Å². The molecular formula is C16H17N7O2. The van der Waals surface area contributed by atoms with Gasteiger partial charge >= 0.3 is 6.01 Å². The van der Waals surface area contributed by atoms with Gasteiger partial charge in [-0.25, -0.2) is 14.5 Å². The molecule has 0 spiro atoms. The van der Waals surface area contributed by atoms with E-state index in [9.17, 15) is 0 Å². The second-order valence-corrected chi connectivity index (χ2v) is 5.86. The van der Waals surface area contributed by atoms with Gasteiger partial charge in [0, 0.05) is 30.1 Å². The van der Waals surface area contributed by atoms with Gasteiger partial charge in [0.25, 0.3) is 0 Å². The van der Waals surface area contributed by atoms with Gasteiger partial charge in [0.2, 0.25) is 5.88 Å². The van der Waals surface area contributed by atoms with E-state index in [-0.39, 0.29) is 23.7 Å². The molecule has 0 amide bonds. The average molecular weight is 339 g/mol. The second-order valence-electron chi connectivity index (χ2n) is 5.86. The van der Waals surface area contributed by atoms with Gasteiger partial charge in [0.05, 0.1) is 31.3 Å². The minimum absolute atomic E-state index is 0.0600. The van der Waals surface area contributed by atoms with Crippen molar-refractivity contribution in [1.82, 2.24) is 24.6 Å². The highest BCUT2D eigenvalue weighted by Gasteiger charge is 2.42. The maximum atomic E-state index is 7.67. The van der Waals surface area contributed by atoms with Crippen molar-refractivity contribution in [3.63, 3.8) is 0 Å². The quantitative estimate of drug-likeness (QED) is 0.529. The zero-order valence-electron chi connectivity index (χ0n) is 13.8. The Bertz CT molecular complexity index is 968. The molecule has 3 aromatic rings. The van der Waals surface area contributed by atoms with E-state index < -0.39 is 0 Å². The number of nitrogens with one attached hydrogen (secondary N) is 1. The summed E-state index contributed by atoms with van der Waals surface area (Å²) in [5.74, 6) is 0.821. The zero-order valence-corrected chi connectivity index (χ0v) is 13.8. The lowest BCUT2D eigenvalue weighted by Gasteiger charge is -2.10. The van der Waals surface area contributed by atoms with Gasteiger partial charge in [0.15, 0.2) is 5.65 Å². The third-order valence-corrected chi connectivity index (χ3v) is 4.36. The lowest BCUT2D eigenvalue weighted by atomic mass is 10.1. The van der Waals surface area contributed by atoms with Crippen LogP contribution in [-0.4, -0.2) is 44.6 Å². The van der Waals surface area contributed by atoms with Crippen LogP contribution in [-0.2, 0) is 0 Å². The molecule has 0 unspecified atom stereocenters. The fourth-order valence-electron chi connectivity index (χ4n) is 3.01. The first kappa shape index (κ1) is 15.3. The number of amidine groups is 1. The molecule has 0 bridgehead atoms. The highest BCUT2D eigenvalue weighted by atomic mass is 16.5. The van der Waals surface area contributed by atoms with E-state index in [0.717, 1.165) is 17.6 Å². The molecule has 0 radical (unpaired) electrons. The number of imidazole rings is 1. The summed E-state index contributed by atoms with van der Waals surface area (Å²) >= 11 is 0. The maximum Gasteiger partial charge on any atom is 0.319 e. The predicted molar refractivity (Wildman–Crippen MR) is 89.9 cm³/mol. The number of nitrogens with two attached hydrogens (primary N) is 1. The number of nitrogens with zero attached hydrogens (tertiary/aromatic N) is 5. The van der Waals surface area contributed by atoms with E-state index in [4.69, 9.17) is 20.6 Å². The molecule has 1 aliphatic carbocycles. The van der Waals surface area contributed by atoms with Gasteiger partial charge in [-0.3, -0.25) is 5.41 Å². The number of fused-ring (bicyclic) bond motifs is 1. The van der Waals surface area contributed by atoms with Crippen molar-refractivity contribution in [2.75, 3.05) is 14.2 Å². The molecule has 3 aromatic heterocycles. The zero-order chi connectivity index (χ0) is 17.6. The molecule has 0 aromatic carbocycles. The van der Waals surface area contributed by atoms with Gasteiger partial charge < -0.3 is 15.2 Å². The fraction of sp³-hybridized carbons (Fsp3) is 0.312. The predicted octanol–water partition coefficient (Wildman–Crippen LogP) is 1.24. The molecule has 0 aliphatic heterocycles. The van der Waals surface area contributed by atoms with E-state index in [0.29, 0.717) is 17.1 Å². The van der Waals surface area contributed by atoms with E-state index in [2.05, 4.69) is 20.1 Å². The van der Waals surface area contributed by atoms with Crippen molar-refractivity contribution < 1.29 is 9.47 Å². The van der Waals surface area contributed by atoms with E-state index in [1.54, 1.807) is 23.1 Å². The third-order valence-electron chi connectivity index (χ3n) is 4.36. The van der Waals surface area contributed by atoms with Crippen LogP contribution in [0.4, 0.5) is 0 Å². The molecule has 3 N–H and O–H groups in total. The molecule has 1 saturated carbocycles. The van der Waals surface area contributed by atoms with Crippen LogP contribution in [0.2, 0.25) is 0 Å². The Kier molecular flexibility index (Phi) is 3.48. The van der Waals surface area contributed by atoms with Crippen molar-refractivity contribution in [3.8, 4) is 23.1 Å². The number of hydrogen-bond acceptors (Lipinski definition) is 7. The van der Waals surface area contributed by atoms with Crippen LogP contribution in [0.5, 0.6) is 11.9 Å². The minimum atomic E-state index is 0.0600. The summed E-state index contributed by atoms with van der Waals surface area (Å²) in [7, 11) is 3.03. The fourth-order valence-corrected chi connectivity index (χ4v) is 3.01. The lowest BCUT2D eigenvalue weighted by molar-refractivity contribution is 0.353. The highest BCUT2D eigenvalue weighted by Crippen LogP contribution is 2.49. The standard InChI is InChI=1S/C16H17N7O2/c1-24-15-11(7-20-16(21-15)25-2)12-6-10(8-5-9(8)13(17)18)14-19-3-4-23(14)22-12/h3-4,6-9H,5H2,1-2H3,(H3,17,18)/t8-,9-/m0/s1. The Hall–Kier alpha value is -3.23. The summed E-state index contributed by atoms with van der Waals surface area (Å²) in [4.78, 5) is 12.7. The van der Waals surface area contributed by atoms with Gasteiger partial charge in [0.1, 0.15) is 0 Å². The number of aromatic nitrogens is 5. The van der Waals surface area contributed by atoms with Crippen LogP contribution < -0.4 is 15.2 Å². The highest BCUT2D eigenvalue weighted by molar-refractivity contribution is 5.84. The third kappa shape index (κ3) is 2.53. The smallest absolute Gasteiger partial charge is 0.319 e. The number of rotatable bonds is 5. The topological polar surface area (TPSA) is 124 Å². The van der Waals surface area contributed by atoms with Crippen LogP contribution in [0, 0.1) is 11.3 Å². The summed E-state index contributed by atoms with van der Waals surface area (Å²) in [5, 5.41) is 12.2. The van der Waals surface area contributed by atoms with E-state index >= 15 is 0 Å². The molecular weight excluding hydrogens is 322 g/mol. The molecule has 4 rings (SSSR count). The Morgan fingerprint density at radius 1 is 1.32 bits per heavy atom. The Morgan fingerprint density at radius 2 is 2.16 bits per heavy atom. The maximum absolute atomic E-state index is 7.67. The molecule has 9 heteroatoms. The van der Waals surface area contributed by atoms with Crippen LogP contribution in [0.1, 0.15) is 17.9 Å². The number of ether oxygens (including phenoxy) is 2. The molecule has 1 fully saturated rings. The van der Waals surface area contributed by atoms with E-state index in [1.165, 1.54) is 14.2 Å². The number of hydrogen-bond donors (Lipinski definition) is 2. The molecule has 128 valence electrons. The van der Waals surface area contributed by atoms with E-state index in [1.807, 2.05) is 6.07 Å². The summed E-state index contributed by atoms with van der Waals surface area (Å²) < 4.78 is 12.1. The first-order valence-corrected chi connectivity index (χ1v) is 7.76. The van der Waals surface area contributed by atoms with Gasteiger partial charge in [-0.1, -0.05) is 0 Å². The van der Waals surface area contributed by atoms with Crippen LogP contribution in [0.15, 0.2) is 24.7 Å². The molecule has 25 heavy (non-hydrogen) atoms. The Labute approximate surface area is 143 Å². The summed E-state index contributed by atoms with van der Waals surface area (Å²) in [6.07, 6.45) is 5.94. The molecule has 0 saturated heterocycles. The monoisotopic (exact) mass is 339 g/mol. The van der Waals surface area contributed by atoms with Gasteiger partial charge in [-0.2, -0.15) is 10.1 Å². The molecule has 3 heterocycles. The Morgan fingerprint density at radius 3 is 2.84 bits per heavy atom.